The molecule has 2 aromatic rings. The predicted octanol–water partition coefficient (Wildman–Crippen LogP) is 3.65. The van der Waals surface area contributed by atoms with E-state index in [1.165, 1.54) is 9.35 Å². The fourth-order valence-corrected chi connectivity index (χ4v) is 3.42. The minimum absolute atomic E-state index is 0.290. The van der Waals surface area contributed by atoms with Crippen LogP contribution in [0.15, 0.2) is 21.6 Å². The lowest BCUT2D eigenvalue weighted by atomic mass is 10.1. The molecule has 0 bridgehead atoms. The third kappa shape index (κ3) is 4.14. The van der Waals surface area contributed by atoms with Gasteiger partial charge in [0.05, 0.1) is 3.79 Å². The zero-order valence-electron chi connectivity index (χ0n) is 12.1. The standard InChI is InChI=1S/C14H21BrN4S/c1-4-16-12(11-5-13(15)20-8-11)6-14-17-9-18-19(14)7-10(2)3/h5,8-10,12,16H,4,6-7H2,1-3H3. The molecule has 0 saturated carbocycles. The van der Waals surface area contributed by atoms with E-state index in [2.05, 4.69) is 63.5 Å². The van der Waals surface area contributed by atoms with Crippen molar-refractivity contribution in [3.8, 4) is 0 Å². The zero-order chi connectivity index (χ0) is 14.5. The van der Waals surface area contributed by atoms with Gasteiger partial charge in [0.2, 0.25) is 0 Å². The first kappa shape index (κ1) is 15.7. The number of halogens is 1. The Hall–Kier alpha value is -0.720. The van der Waals surface area contributed by atoms with E-state index < -0.39 is 0 Å². The van der Waals surface area contributed by atoms with Crippen LogP contribution in [0.1, 0.15) is 38.2 Å². The summed E-state index contributed by atoms with van der Waals surface area (Å²) in [5.74, 6) is 1.62. The predicted molar refractivity (Wildman–Crippen MR) is 87.0 cm³/mol. The second-order valence-electron chi connectivity index (χ2n) is 5.25. The maximum atomic E-state index is 4.43. The summed E-state index contributed by atoms with van der Waals surface area (Å²) in [5.41, 5.74) is 1.31. The van der Waals surface area contributed by atoms with Gasteiger partial charge in [-0.3, -0.25) is 0 Å². The van der Waals surface area contributed by atoms with Crippen LogP contribution in [0.25, 0.3) is 0 Å². The summed E-state index contributed by atoms with van der Waals surface area (Å²) < 4.78 is 3.19. The number of thiophene rings is 1. The Labute approximate surface area is 132 Å². The van der Waals surface area contributed by atoms with E-state index >= 15 is 0 Å². The molecule has 2 aromatic heterocycles. The van der Waals surface area contributed by atoms with E-state index in [1.807, 2.05) is 4.68 Å². The monoisotopic (exact) mass is 356 g/mol. The number of aromatic nitrogens is 3. The molecule has 4 nitrogen and oxygen atoms in total. The van der Waals surface area contributed by atoms with Gasteiger partial charge in [0.15, 0.2) is 0 Å². The third-order valence-electron chi connectivity index (χ3n) is 3.06. The second-order valence-corrected chi connectivity index (χ2v) is 7.54. The lowest BCUT2D eigenvalue weighted by molar-refractivity contribution is 0.447. The van der Waals surface area contributed by atoms with Crippen LogP contribution in [0.3, 0.4) is 0 Å². The van der Waals surface area contributed by atoms with E-state index in [0.717, 1.165) is 25.3 Å². The van der Waals surface area contributed by atoms with Crippen molar-refractivity contribution in [1.82, 2.24) is 20.1 Å². The molecule has 20 heavy (non-hydrogen) atoms. The zero-order valence-corrected chi connectivity index (χ0v) is 14.5. The highest BCUT2D eigenvalue weighted by Gasteiger charge is 2.16. The van der Waals surface area contributed by atoms with Gasteiger partial charge in [0, 0.05) is 19.0 Å². The summed E-state index contributed by atoms with van der Waals surface area (Å²) in [4.78, 5) is 4.43. The molecule has 1 N–H and O–H groups in total. The van der Waals surface area contributed by atoms with E-state index in [0.29, 0.717) is 5.92 Å². The quantitative estimate of drug-likeness (QED) is 0.823. The molecular weight excluding hydrogens is 336 g/mol. The maximum Gasteiger partial charge on any atom is 0.138 e. The van der Waals surface area contributed by atoms with Crippen molar-refractivity contribution in [2.75, 3.05) is 6.54 Å². The highest BCUT2D eigenvalue weighted by atomic mass is 79.9. The fraction of sp³-hybridized carbons (Fsp3) is 0.571. The van der Waals surface area contributed by atoms with Crippen molar-refractivity contribution in [2.45, 2.75) is 39.8 Å². The van der Waals surface area contributed by atoms with Gasteiger partial charge in [-0.05, 0) is 45.4 Å². The number of rotatable bonds is 7. The molecule has 0 aromatic carbocycles. The van der Waals surface area contributed by atoms with E-state index in [-0.39, 0.29) is 6.04 Å². The maximum absolute atomic E-state index is 4.43. The summed E-state index contributed by atoms with van der Waals surface area (Å²) in [5, 5.41) is 10.1. The third-order valence-corrected chi connectivity index (χ3v) is 4.58. The average Bonchev–Trinajstić information content (AvgIpc) is 2.98. The van der Waals surface area contributed by atoms with Crippen LogP contribution in [0.5, 0.6) is 0 Å². The Morgan fingerprint density at radius 2 is 2.25 bits per heavy atom. The van der Waals surface area contributed by atoms with Gasteiger partial charge in [-0.25, -0.2) is 9.67 Å². The van der Waals surface area contributed by atoms with Gasteiger partial charge in [0.25, 0.3) is 0 Å². The highest BCUT2D eigenvalue weighted by Crippen LogP contribution is 2.27. The second kappa shape index (κ2) is 7.33. The van der Waals surface area contributed by atoms with Crippen LogP contribution >= 0.6 is 27.3 Å². The van der Waals surface area contributed by atoms with Crippen molar-refractivity contribution in [2.24, 2.45) is 5.92 Å². The van der Waals surface area contributed by atoms with Crippen LogP contribution < -0.4 is 5.32 Å². The molecule has 110 valence electrons. The van der Waals surface area contributed by atoms with E-state index in [4.69, 9.17) is 0 Å². The summed E-state index contributed by atoms with van der Waals surface area (Å²) in [6, 6.07) is 2.47. The molecule has 0 spiro atoms. The molecule has 0 fully saturated rings. The van der Waals surface area contributed by atoms with Crippen molar-refractivity contribution >= 4 is 27.3 Å². The molecule has 0 aliphatic heterocycles. The fourth-order valence-electron chi connectivity index (χ4n) is 2.19. The normalized spacial score (nSPS) is 13.1. The molecular formula is C14H21BrN4S. The molecule has 0 saturated heterocycles. The minimum atomic E-state index is 0.290. The summed E-state index contributed by atoms with van der Waals surface area (Å²) in [6.45, 7) is 8.39. The number of nitrogens with one attached hydrogen (secondary N) is 1. The van der Waals surface area contributed by atoms with Crippen LogP contribution in [0, 0.1) is 5.92 Å². The Morgan fingerprint density at radius 3 is 2.85 bits per heavy atom. The van der Waals surface area contributed by atoms with Gasteiger partial charge in [-0.2, -0.15) is 5.10 Å². The van der Waals surface area contributed by atoms with Crippen molar-refractivity contribution < 1.29 is 0 Å². The lowest BCUT2D eigenvalue weighted by Crippen LogP contribution is -2.24. The lowest BCUT2D eigenvalue weighted by Gasteiger charge is -2.17. The van der Waals surface area contributed by atoms with Gasteiger partial charge in [-0.1, -0.05) is 20.8 Å². The van der Waals surface area contributed by atoms with E-state index in [1.54, 1.807) is 17.7 Å². The summed E-state index contributed by atoms with van der Waals surface area (Å²) >= 11 is 5.25. The van der Waals surface area contributed by atoms with Crippen LogP contribution in [0.2, 0.25) is 0 Å². The van der Waals surface area contributed by atoms with Crippen molar-refractivity contribution in [1.29, 1.82) is 0 Å². The van der Waals surface area contributed by atoms with Gasteiger partial charge < -0.3 is 5.32 Å². The molecule has 1 unspecified atom stereocenters. The SMILES string of the molecule is CCNC(Cc1ncnn1CC(C)C)c1csc(Br)c1. The first-order valence-corrected chi connectivity index (χ1v) is 8.61. The first-order valence-electron chi connectivity index (χ1n) is 6.94. The van der Waals surface area contributed by atoms with E-state index in [9.17, 15) is 0 Å². The van der Waals surface area contributed by atoms with Gasteiger partial charge in [-0.15, -0.1) is 11.3 Å². The van der Waals surface area contributed by atoms with Crippen LogP contribution in [0.4, 0.5) is 0 Å². The average molecular weight is 357 g/mol. The first-order chi connectivity index (χ1) is 9.60. The molecule has 2 heterocycles. The van der Waals surface area contributed by atoms with Crippen LogP contribution in [-0.4, -0.2) is 21.3 Å². The highest BCUT2D eigenvalue weighted by molar-refractivity contribution is 9.11. The number of hydrogen-bond acceptors (Lipinski definition) is 4. The number of hydrogen-bond donors (Lipinski definition) is 1. The van der Waals surface area contributed by atoms with Crippen molar-refractivity contribution in [3.63, 3.8) is 0 Å². The smallest absolute Gasteiger partial charge is 0.138 e. The molecule has 0 radical (unpaired) electrons. The number of likely N-dealkylation sites (N-methyl/N-ethyl adjacent to an activating group) is 1. The van der Waals surface area contributed by atoms with Gasteiger partial charge >= 0.3 is 0 Å². The largest absolute Gasteiger partial charge is 0.310 e. The van der Waals surface area contributed by atoms with Crippen molar-refractivity contribution in [3.05, 3.63) is 32.9 Å². The van der Waals surface area contributed by atoms with Crippen LogP contribution in [-0.2, 0) is 13.0 Å². The number of nitrogens with zero attached hydrogens (tertiary/aromatic N) is 3. The Bertz CT molecular complexity index is 535. The summed E-state index contributed by atoms with van der Waals surface area (Å²) in [6.07, 6.45) is 2.52. The topological polar surface area (TPSA) is 42.7 Å². The molecule has 0 aliphatic carbocycles. The Morgan fingerprint density at radius 1 is 1.45 bits per heavy atom. The molecule has 2 rings (SSSR count). The Kier molecular flexibility index (Phi) is 5.74. The molecule has 1 atom stereocenters. The summed E-state index contributed by atoms with van der Waals surface area (Å²) in [7, 11) is 0. The Balaban J connectivity index is 2.14. The van der Waals surface area contributed by atoms with Gasteiger partial charge in [0.1, 0.15) is 12.2 Å². The molecule has 6 heteroatoms. The molecule has 0 aliphatic rings. The molecule has 0 amide bonds. The minimum Gasteiger partial charge on any atom is -0.310 e.